The lowest BCUT2D eigenvalue weighted by molar-refractivity contribution is -0.135. The van der Waals surface area contributed by atoms with E-state index in [1.54, 1.807) is 0 Å². The fourth-order valence-corrected chi connectivity index (χ4v) is 1.94. The Morgan fingerprint density at radius 2 is 1.92 bits per heavy atom. The van der Waals surface area contributed by atoms with Crippen molar-refractivity contribution in [3.63, 3.8) is 0 Å². The molecule has 0 fully saturated rings. The van der Waals surface area contributed by atoms with Crippen LogP contribution in [0.25, 0.3) is 6.08 Å². The molecule has 0 spiro atoms. The molecule has 0 saturated carbocycles. The van der Waals surface area contributed by atoms with E-state index >= 15 is 0 Å². The van der Waals surface area contributed by atoms with E-state index in [-0.39, 0.29) is 0 Å². The van der Waals surface area contributed by atoms with Gasteiger partial charge in [-0.05, 0) is 50.1 Å². The first-order chi connectivity index (χ1) is 12.0. The van der Waals surface area contributed by atoms with Crippen LogP contribution in [0.4, 0.5) is 0 Å². The lowest BCUT2D eigenvalue weighted by Gasteiger charge is -2.05. The number of ether oxygens (including phenoxy) is 3. The molecule has 1 aromatic carbocycles. The quantitative estimate of drug-likeness (QED) is 0.226. The molecule has 0 aliphatic rings. The number of hydrogen-bond donors (Lipinski definition) is 0. The molecule has 1 rings (SSSR count). The van der Waals surface area contributed by atoms with E-state index in [1.165, 1.54) is 26.1 Å². The van der Waals surface area contributed by atoms with Crippen LogP contribution in [0.15, 0.2) is 65.5 Å². The highest BCUT2D eigenvalue weighted by atomic mass is 16.5. The van der Waals surface area contributed by atoms with Crippen LogP contribution in [0.2, 0.25) is 0 Å². The van der Waals surface area contributed by atoms with Crippen LogP contribution >= 0.6 is 0 Å². The zero-order chi connectivity index (χ0) is 18.7. The summed E-state index contributed by atoms with van der Waals surface area (Å²) >= 11 is 0. The van der Waals surface area contributed by atoms with Crippen molar-refractivity contribution in [3.05, 3.63) is 71.0 Å². The maximum Gasteiger partial charge on any atom is 0.341 e. The minimum Gasteiger partial charge on any atom is -0.503 e. The van der Waals surface area contributed by atoms with Gasteiger partial charge in [0, 0.05) is 0 Å². The van der Waals surface area contributed by atoms with E-state index in [4.69, 9.17) is 14.2 Å². The Bertz CT molecular complexity index is 690. The van der Waals surface area contributed by atoms with Crippen LogP contribution in [0.3, 0.4) is 0 Å². The SMILES string of the molecule is CO\C=C(C(=O)OC)/C(C)=C/C=C\c1cccc(OCC=C(C)C)c1. The first kappa shape index (κ1) is 20.3. The molecular weight excluding hydrogens is 316 g/mol. The summed E-state index contributed by atoms with van der Waals surface area (Å²) in [7, 11) is 2.84. The molecule has 0 aliphatic heterocycles. The highest BCUT2D eigenvalue weighted by molar-refractivity contribution is 5.93. The molecule has 1 aromatic rings. The third-order valence-corrected chi connectivity index (χ3v) is 3.30. The monoisotopic (exact) mass is 342 g/mol. The minimum absolute atomic E-state index is 0.383. The Balaban J connectivity index is 2.82. The predicted molar refractivity (Wildman–Crippen MR) is 101 cm³/mol. The molecule has 0 amide bonds. The molecule has 0 unspecified atom stereocenters. The van der Waals surface area contributed by atoms with Crippen molar-refractivity contribution in [2.24, 2.45) is 0 Å². The van der Waals surface area contributed by atoms with Crippen molar-refractivity contribution >= 4 is 12.0 Å². The lowest BCUT2D eigenvalue weighted by Crippen LogP contribution is -2.06. The van der Waals surface area contributed by atoms with Gasteiger partial charge in [-0.15, -0.1) is 0 Å². The molecule has 4 nitrogen and oxygen atoms in total. The van der Waals surface area contributed by atoms with Crippen LogP contribution < -0.4 is 4.74 Å². The van der Waals surface area contributed by atoms with Crippen LogP contribution in [0.5, 0.6) is 5.75 Å². The van der Waals surface area contributed by atoms with Gasteiger partial charge < -0.3 is 14.2 Å². The first-order valence-electron chi connectivity index (χ1n) is 8.00. The number of benzene rings is 1. The molecule has 25 heavy (non-hydrogen) atoms. The maximum absolute atomic E-state index is 11.7. The van der Waals surface area contributed by atoms with E-state index in [1.807, 2.05) is 69.3 Å². The van der Waals surface area contributed by atoms with Crippen LogP contribution in [0, 0.1) is 0 Å². The summed E-state index contributed by atoms with van der Waals surface area (Å²) in [6.45, 7) is 6.46. The third kappa shape index (κ3) is 7.57. The largest absolute Gasteiger partial charge is 0.503 e. The van der Waals surface area contributed by atoms with Gasteiger partial charge >= 0.3 is 5.97 Å². The first-order valence-corrected chi connectivity index (χ1v) is 8.00. The second-order valence-electron chi connectivity index (χ2n) is 5.63. The predicted octanol–water partition coefficient (Wildman–Crippen LogP) is 4.69. The fraction of sp³-hybridized carbons (Fsp3) is 0.286. The van der Waals surface area contributed by atoms with Gasteiger partial charge in [-0.2, -0.15) is 0 Å². The Kier molecular flexibility index (Phi) is 8.86. The second-order valence-corrected chi connectivity index (χ2v) is 5.63. The van der Waals surface area contributed by atoms with E-state index in [9.17, 15) is 4.79 Å². The molecule has 0 radical (unpaired) electrons. The summed E-state index contributed by atoms with van der Waals surface area (Å²) in [5, 5.41) is 0. The number of hydrogen-bond acceptors (Lipinski definition) is 4. The number of allylic oxidation sites excluding steroid dienone is 3. The van der Waals surface area contributed by atoms with Crippen molar-refractivity contribution < 1.29 is 19.0 Å². The van der Waals surface area contributed by atoms with Crippen LogP contribution in [-0.2, 0) is 14.3 Å². The summed E-state index contributed by atoms with van der Waals surface area (Å²) < 4.78 is 15.4. The molecule has 0 N–H and O–H groups in total. The molecule has 134 valence electrons. The average Bonchev–Trinajstić information content (AvgIpc) is 2.59. The summed E-state index contributed by atoms with van der Waals surface area (Å²) in [5.74, 6) is 0.383. The Hall–Kier alpha value is -2.75. The van der Waals surface area contributed by atoms with Gasteiger partial charge in [0.25, 0.3) is 0 Å². The minimum atomic E-state index is -0.432. The van der Waals surface area contributed by atoms with Crippen molar-refractivity contribution in [2.75, 3.05) is 20.8 Å². The smallest absolute Gasteiger partial charge is 0.341 e. The van der Waals surface area contributed by atoms with Gasteiger partial charge in [0.1, 0.15) is 12.4 Å². The Morgan fingerprint density at radius 1 is 1.16 bits per heavy atom. The summed E-state index contributed by atoms with van der Waals surface area (Å²) in [4.78, 5) is 11.7. The van der Waals surface area contributed by atoms with Gasteiger partial charge in [0.2, 0.25) is 0 Å². The molecule has 0 aromatic heterocycles. The van der Waals surface area contributed by atoms with Crippen LogP contribution in [0.1, 0.15) is 26.3 Å². The molecule has 0 aliphatic carbocycles. The topological polar surface area (TPSA) is 44.8 Å². The summed E-state index contributed by atoms with van der Waals surface area (Å²) in [6.07, 6.45) is 9.06. The normalized spacial score (nSPS) is 12.0. The number of carbonyl (C=O) groups is 1. The van der Waals surface area contributed by atoms with Crippen molar-refractivity contribution in [3.8, 4) is 5.75 Å². The highest BCUT2D eigenvalue weighted by Gasteiger charge is 2.11. The van der Waals surface area contributed by atoms with Crippen molar-refractivity contribution in [1.29, 1.82) is 0 Å². The van der Waals surface area contributed by atoms with Gasteiger partial charge in [-0.3, -0.25) is 0 Å². The molecule has 4 heteroatoms. The third-order valence-electron chi connectivity index (χ3n) is 3.30. The Morgan fingerprint density at radius 3 is 2.56 bits per heavy atom. The van der Waals surface area contributed by atoms with Crippen molar-refractivity contribution in [1.82, 2.24) is 0 Å². The molecule has 0 atom stereocenters. The maximum atomic E-state index is 11.7. The lowest BCUT2D eigenvalue weighted by atomic mass is 10.1. The molecular formula is C21H26O4. The van der Waals surface area contributed by atoms with Gasteiger partial charge in [-0.25, -0.2) is 4.79 Å². The molecule has 0 bridgehead atoms. The second kappa shape index (κ2) is 10.9. The zero-order valence-electron chi connectivity index (χ0n) is 15.5. The Labute approximate surface area is 150 Å². The number of esters is 1. The number of methoxy groups -OCH3 is 2. The average molecular weight is 342 g/mol. The standard InChI is InChI=1S/C21H26O4/c1-16(2)12-13-25-19-11-7-10-18(14-19)9-6-8-17(3)20(15-23-4)21(22)24-5/h6-12,14-15H,13H2,1-5H3/b9-6-,17-8+,20-15+. The van der Waals surface area contributed by atoms with Gasteiger partial charge in [0.05, 0.1) is 26.1 Å². The zero-order valence-corrected chi connectivity index (χ0v) is 15.5. The van der Waals surface area contributed by atoms with E-state index in [0.29, 0.717) is 12.2 Å². The van der Waals surface area contributed by atoms with Gasteiger partial charge in [-0.1, -0.05) is 35.9 Å². The van der Waals surface area contributed by atoms with E-state index in [0.717, 1.165) is 16.9 Å². The van der Waals surface area contributed by atoms with E-state index < -0.39 is 5.97 Å². The van der Waals surface area contributed by atoms with Crippen LogP contribution in [-0.4, -0.2) is 26.8 Å². The number of rotatable bonds is 8. The molecule has 0 heterocycles. The van der Waals surface area contributed by atoms with Gasteiger partial charge in [0.15, 0.2) is 0 Å². The summed E-state index contributed by atoms with van der Waals surface area (Å²) in [5.41, 5.74) is 3.37. The van der Waals surface area contributed by atoms with E-state index in [2.05, 4.69) is 0 Å². The summed E-state index contributed by atoms with van der Waals surface area (Å²) in [6, 6.07) is 7.82. The van der Waals surface area contributed by atoms with Crippen molar-refractivity contribution in [2.45, 2.75) is 20.8 Å². The molecule has 0 saturated heterocycles. The number of carbonyl (C=O) groups excluding carboxylic acids is 1. The highest BCUT2D eigenvalue weighted by Crippen LogP contribution is 2.16. The fourth-order valence-electron chi connectivity index (χ4n) is 1.94.